The summed E-state index contributed by atoms with van der Waals surface area (Å²) in [5.41, 5.74) is 14.8. The van der Waals surface area contributed by atoms with Crippen molar-refractivity contribution in [2.45, 2.75) is 32.6 Å². The lowest BCUT2D eigenvalue weighted by Gasteiger charge is -2.11. The average molecular weight is 369 g/mol. The minimum absolute atomic E-state index is 0.749. The highest BCUT2D eigenvalue weighted by Gasteiger charge is 2.16. The first-order valence-corrected chi connectivity index (χ1v) is 10.3. The van der Waals surface area contributed by atoms with Gasteiger partial charge < -0.3 is 10.7 Å². The van der Waals surface area contributed by atoms with Crippen LogP contribution in [0, 0.1) is 0 Å². The second kappa shape index (κ2) is 8.45. The number of aromatic amines is 1. The zero-order chi connectivity index (χ0) is 19.3. The molecule has 2 heteroatoms. The monoisotopic (exact) mass is 368 g/mol. The third-order valence-corrected chi connectivity index (χ3v) is 5.54. The quantitative estimate of drug-likeness (QED) is 0.367. The molecule has 0 aliphatic rings. The number of fused-ring (bicyclic) bond motifs is 1. The van der Waals surface area contributed by atoms with Gasteiger partial charge in [0.2, 0.25) is 0 Å². The van der Waals surface area contributed by atoms with E-state index in [4.69, 9.17) is 5.73 Å². The van der Waals surface area contributed by atoms with Crippen LogP contribution < -0.4 is 5.73 Å². The second-order valence-electron chi connectivity index (χ2n) is 7.37. The summed E-state index contributed by atoms with van der Waals surface area (Å²) >= 11 is 0. The van der Waals surface area contributed by atoms with Gasteiger partial charge in [-0.25, -0.2) is 0 Å². The van der Waals surface area contributed by atoms with Gasteiger partial charge in [-0.3, -0.25) is 0 Å². The molecular formula is C26H28N2. The van der Waals surface area contributed by atoms with Crippen molar-refractivity contribution in [1.29, 1.82) is 0 Å². The first-order valence-electron chi connectivity index (χ1n) is 10.3. The van der Waals surface area contributed by atoms with Gasteiger partial charge in [0.05, 0.1) is 5.69 Å². The zero-order valence-corrected chi connectivity index (χ0v) is 16.5. The molecule has 0 saturated carbocycles. The Bertz CT molecular complexity index is 1060. The van der Waals surface area contributed by atoms with Crippen molar-refractivity contribution in [3.05, 3.63) is 83.9 Å². The van der Waals surface area contributed by atoms with E-state index in [1.807, 2.05) is 0 Å². The number of rotatable bonds is 7. The number of nitrogens with two attached hydrogens (primary N) is 1. The zero-order valence-electron chi connectivity index (χ0n) is 16.5. The Morgan fingerprint density at radius 2 is 1.57 bits per heavy atom. The van der Waals surface area contributed by atoms with E-state index in [-0.39, 0.29) is 0 Å². The van der Waals surface area contributed by atoms with Crippen LogP contribution in [-0.2, 0) is 12.8 Å². The average Bonchev–Trinajstić information content (AvgIpc) is 3.12. The van der Waals surface area contributed by atoms with Crippen molar-refractivity contribution in [3.63, 3.8) is 0 Å². The van der Waals surface area contributed by atoms with Gasteiger partial charge in [0, 0.05) is 16.5 Å². The summed E-state index contributed by atoms with van der Waals surface area (Å²) in [6, 6.07) is 26.2. The minimum atomic E-state index is 0.749. The lowest BCUT2D eigenvalue weighted by atomic mass is 9.93. The molecule has 0 bridgehead atoms. The summed E-state index contributed by atoms with van der Waals surface area (Å²) in [5.74, 6) is 0. The Kier molecular flexibility index (Phi) is 5.59. The molecule has 142 valence electrons. The Labute approximate surface area is 167 Å². The van der Waals surface area contributed by atoms with Gasteiger partial charge in [-0.2, -0.15) is 0 Å². The molecule has 0 unspecified atom stereocenters. The lowest BCUT2D eigenvalue weighted by molar-refractivity contribution is 0.748. The summed E-state index contributed by atoms with van der Waals surface area (Å²) in [4.78, 5) is 3.74. The molecule has 1 heterocycles. The molecule has 4 rings (SSSR count). The summed E-state index contributed by atoms with van der Waals surface area (Å²) in [6.07, 6.45) is 4.27. The topological polar surface area (TPSA) is 41.8 Å². The fourth-order valence-electron chi connectivity index (χ4n) is 4.02. The predicted octanol–water partition coefficient (Wildman–Crippen LogP) is 6.35. The van der Waals surface area contributed by atoms with Crippen LogP contribution in [0.15, 0.2) is 72.8 Å². The maximum Gasteiger partial charge on any atom is 0.0503 e. The van der Waals surface area contributed by atoms with Crippen LogP contribution in [0.25, 0.3) is 33.3 Å². The predicted molar refractivity (Wildman–Crippen MR) is 121 cm³/mol. The van der Waals surface area contributed by atoms with Crippen LogP contribution in [0.4, 0.5) is 0 Å². The first kappa shape index (κ1) is 18.5. The van der Waals surface area contributed by atoms with E-state index in [0.717, 1.165) is 32.2 Å². The number of aromatic nitrogens is 1. The third kappa shape index (κ3) is 3.61. The fourth-order valence-corrected chi connectivity index (χ4v) is 4.02. The van der Waals surface area contributed by atoms with Crippen LogP contribution in [0.1, 0.15) is 30.9 Å². The van der Waals surface area contributed by atoms with Gasteiger partial charge >= 0.3 is 0 Å². The van der Waals surface area contributed by atoms with Gasteiger partial charge in [-0.05, 0) is 66.6 Å². The molecule has 0 saturated heterocycles. The maximum atomic E-state index is 5.77. The standard InChI is InChI=1S/C26H28N2/c1-2-19-15-16-25-24(18-19)23(14-8-9-17-27)26(28-25)22-13-7-6-12-21(22)20-10-4-3-5-11-20/h3-7,10-13,15-16,18,28H,2,8-9,14,17,27H2,1H3. The molecular weight excluding hydrogens is 340 g/mol. The molecule has 4 aromatic rings. The fraction of sp³-hybridized carbons (Fsp3) is 0.231. The normalized spacial score (nSPS) is 11.2. The van der Waals surface area contributed by atoms with Crippen LogP contribution in [-0.4, -0.2) is 11.5 Å². The largest absolute Gasteiger partial charge is 0.354 e. The third-order valence-electron chi connectivity index (χ3n) is 5.54. The summed E-state index contributed by atoms with van der Waals surface area (Å²) < 4.78 is 0. The van der Waals surface area contributed by atoms with Crippen LogP contribution >= 0.6 is 0 Å². The Morgan fingerprint density at radius 3 is 2.32 bits per heavy atom. The SMILES string of the molecule is CCc1ccc2[nH]c(-c3ccccc3-c3ccccc3)c(CCCCN)c2c1. The number of nitrogens with one attached hydrogen (secondary N) is 1. The number of aryl methyl sites for hydroxylation is 2. The molecule has 0 spiro atoms. The van der Waals surface area contributed by atoms with E-state index in [1.54, 1.807) is 0 Å². The number of benzene rings is 3. The minimum Gasteiger partial charge on any atom is -0.354 e. The molecule has 0 atom stereocenters. The Hall–Kier alpha value is -2.84. The molecule has 0 amide bonds. The molecule has 0 fully saturated rings. The molecule has 3 aromatic carbocycles. The van der Waals surface area contributed by atoms with E-state index < -0.39 is 0 Å². The van der Waals surface area contributed by atoms with E-state index in [0.29, 0.717) is 0 Å². The van der Waals surface area contributed by atoms with Gasteiger partial charge in [0.1, 0.15) is 0 Å². The molecule has 28 heavy (non-hydrogen) atoms. The number of hydrogen-bond donors (Lipinski definition) is 2. The van der Waals surface area contributed by atoms with Crippen molar-refractivity contribution >= 4 is 10.9 Å². The molecule has 0 radical (unpaired) electrons. The smallest absolute Gasteiger partial charge is 0.0503 e. The van der Waals surface area contributed by atoms with Crippen molar-refractivity contribution in [2.24, 2.45) is 5.73 Å². The summed E-state index contributed by atoms with van der Waals surface area (Å²) in [5, 5.41) is 1.36. The second-order valence-corrected chi connectivity index (χ2v) is 7.37. The van der Waals surface area contributed by atoms with E-state index in [9.17, 15) is 0 Å². The number of unbranched alkanes of at least 4 members (excludes halogenated alkanes) is 1. The highest BCUT2D eigenvalue weighted by atomic mass is 14.7. The number of hydrogen-bond acceptors (Lipinski definition) is 1. The highest BCUT2D eigenvalue weighted by Crippen LogP contribution is 2.37. The van der Waals surface area contributed by atoms with E-state index >= 15 is 0 Å². The van der Waals surface area contributed by atoms with Gasteiger partial charge in [-0.15, -0.1) is 0 Å². The Balaban J connectivity index is 1.90. The van der Waals surface area contributed by atoms with Crippen molar-refractivity contribution in [3.8, 4) is 22.4 Å². The first-order chi connectivity index (χ1) is 13.8. The number of H-pyrrole nitrogens is 1. The summed E-state index contributed by atoms with van der Waals surface area (Å²) in [6.45, 7) is 2.96. The molecule has 2 nitrogen and oxygen atoms in total. The highest BCUT2D eigenvalue weighted by molar-refractivity contribution is 5.94. The van der Waals surface area contributed by atoms with Gasteiger partial charge in [-0.1, -0.05) is 67.6 Å². The molecule has 3 N–H and O–H groups in total. The van der Waals surface area contributed by atoms with Crippen LogP contribution in [0.2, 0.25) is 0 Å². The van der Waals surface area contributed by atoms with E-state index in [2.05, 4.69) is 84.7 Å². The van der Waals surface area contributed by atoms with Crippen LogP contribution in [0.5, 0.6) is 0 Å². The lowest BCUT2D eigenvalue weighted by Crippen LogP contribution is -1.99. The van der Waals surface area contributed by atoms with Crippen molar-refractivity contribution < 1.29 is 0 Å². The van der Waals surface area contributed by atoms with Gasteiger partial charge in [0.25, 0.3) is 0 Å². The molecule has 0 aliphatic heterocycles. The Morgan fingerprint density at radius 1 is 0.821 bits per heavy atom. The molecule has 1 aromatic heterocycles. The van der Waals surface area contributed by atoms with E-state index in [1.165, 1.54) is 44.4 Å². The molecule has 0 aliphatic carbocycles. The maximum absolute atomic E-state index is 5.77. The van der Waals surface area contributed by atoms with Crippen LogP contribution in [0.3, 0.4) is 0 Å². The van der Waals surface area contributed by atoms with Crippen molar-refractivity contribution in [1.82, 2.24) is 4.98 Å². The van der Waals surface area contributed by atoms with Gasteiger partial charge in [0.15, 0.2) is 0 Å². The van der Waals surface area contributed by atoms with Crippen molar-refractivity contribution in [2.75, 3.05) is 6.54 Å². The summed E-state index contributed by atoms with van der Waals surface area (Å²) in [7, 11) is 0.